The predicted octanol–water partition coefficient (Wildman–Crippen LogP) is 4.76. The van der Waals surface area contributed by atoms with E-state index in [4.69, 9.17) is 4.74 Å². The van der Waals surface area contributed by atoms with Gasteiger partial charge in [0.1, 0.15) is 5.82 Å². The normalized spacial score (nSPS) is 12.5. The minimum Gasteiger partial charge on any atom is -0.494 e. The van der Waals surface area contributed by atoms with Gasteiger partial charge in [-0.2, -0.15) is 13.2 Å². The molecule has 0 aliphatic carbocycles. The summed E-state index contributed by atoms with van der Waals surface area (Å²) in [5.74, 6) is -2.35. The van der Waals surface area contributed by atoms with E-state index in [-0.39, 0.29) is 42.1 Å². The number of nitrogens with zero attached hydrogens (tertiary/aromatic N) is 2. The Kier molecular flexibility index (Phi) is 10.6. The number of aromatic nitrogens is 2. The zero-order chi connectivity index (χ0) is 32.9. The molecule has 3 N–H and O–H groups in total. The highest BCUT2D eigenvalue weighted by Gasteiger charge is 2.35. The van der Waals surface area contributed by atoms with Crippen LogP contribution >= 0.6 is 0 Å². The summed E-state index contributed by atoms with van der Waals surface area (Å²) in [6.45, 7) is 0.282. The molecule has 1 heterocycles. The van der Waals surface area contributed by atoms with Crippen molar-refractivity contribution in [2.45, 2.75) is 51.4 Å². The Labute approximate surface area is 255 Å². The monoisotopic (exact) mass is 633 g/mol. The van der Waals surface area contributed by atoms with Gasteiger partial charge in [-0.15, -0.1) is 0 Å². The number of aliphatic hydroxyl groups excluding tert-OH is 1. The summed E-state index contributed by atoms with van der Waals surface area (Å²) in [6.07, 6.45) is -6.11. The SMILES string of the molecule is COc1cccc(-c2c(C)n(Cc3c(F)cccc3C(F)(F)F)c(=O)n(C[C@H](NCCCC(O)O)c3ccccc3)c2=O)c1F. The third-order valence-corrected chi connectivity index (χ3v) is 7.48. The standard InChI is InChI=1S/C32H32F5N3O5/c1-19-28(21-11-6-14-26(45-2)29(21)34)30(43)40(18-25(20-9-4-3-5-10-20)38-16-8-15-27(41)42)31(44)39(19)17-22-23(32(35,36)37)12-7-13-24(22)33/h3-7,9-14,25,27,38,41-42H,8,15-18H2,1-2H3/t25-/m0/s1. The topological polar surface area (TPSA) is 106 Å². The van der Waals surface area contributed by atoms with Crippen LogP contribution in [0.5, 0.6) is 5.75 Å². The number of halogens is 5. The number of alkyl halides is 3. The molecule has 0 saturated carbocycles. The molecule has 13 heteroatoms. The number of methoxy groups -OCH3 is 1. The van der Waals surface area contributed by atoms with E-state index in [2.05, 4.69) is 5.32 Å². The fourth-order valence-corrected chi connectivity index (χ4v) is 5.18. The molecular weight excluding hydrogens is 601 g/mol. The smallest absolute Gasteiger partial charge is 0.416 e. The lowest BCUT2D eigenvalue weighted by molar-refractivity contribution is -0.138. The molecule has 0 bridgehead atoms. The van der Waals surface area contributed by atoms with Crippen LogP contribution < -0.4 is 21.3 Å². The van der Waals surface area contributed by atoms with E-state index >= 15 is 4.39 Å². The van der Waals surface area contributed by atoms with E-state index in [0.29, 0.717) is 18.1 Å². The van der Waals surface area contributed by atoms with E-state index in [1.54, 1.807) is 30.3 Å². The van der Waals surface area contributed by atoms with Crippen molar-refractivity contribution >= 4 is 0 Å². The Morgan fingerprint density at radius 1 is 0.933 bits per heavy atom. The summed E-state index contributed by atoms with van der Waals surface area (Å²) in [5, 5.41) is 21.6. The second-order valence-corrected chi connectivity index (χ2v) is 10.4. The molecule has 0 unspecified atom stereocenters. The van der Waals surface area contributed by atoms with Crippen molar-refractivity contribution in [3.8, 4) is 16.9 Å². The van der Waals surface area contributed by atoms with Crippen molar-refractivity contribution in [3.63, 3.8) is 0 Å². The van der Waals surface area contributed by atoms with E-state index in [1.807, 2.05) is 0 Å². The fourth-order valence-electron chi connectivity index (χ4n) is 5.18. The second-order valence-electron chi connectivity index (χ2n) is 10.4. The Hall–Kier alpha value is -4.33. The lowest BCUT2D eigenvalue weighted by Crippen LogP contribution is -2.45. The van der Waals surface area contributed by atoms with Gasteiger partial charge in [0.2, 0.25) is 0 Å². The van der Waals surface area contributed by atoms with Crippen molar-refractivity contribution in [1.29, 1.82) is 0 Å². The number of rotatable bonds is 12. The second kappa shape index (κ2) is 14.2. The van der Waals surface area contributed by atoms with Gasteiger partial charge in [-0.25, -0.2) is 13.6 Å². The van der Waals surface area contributed by atoms with E-state index in [1.165, 1.54) is 32.2 Å². The first-order valence-electron chi connectivity index (χ1n) is 14.0. The van der Waals surface area contributed by atoms with Crippen LogP contribution in [0.15, 0.2) is 76.3 Å². The van der Waals surface area contributed by atoms with Crippen molar-refractivity contribution in [3.05, 3.63) is 122 Å². The van der Waals surface area contributed by atoms with Crippen LogP contribution in [0.1, 0.15) is 41.3 Å². The van der Waals surface area contributed by atoms with Crippen LogP contribution in [0.3, 0.4) is 0 Å². The van der Waals surface area contributed by atoms with Gasteiger partial charge >= 0.3 is 11.9 Å². The van der Waals surface area contributed by atoms with E-state index in [9.17, 15) is 37.4 Å². The molecule has 0 radical (unpaired) electrons. The molecule has 1 aromatic heterocycles. The van der Waals surface area contributed by atoms with Crippen LogP contribution in [0.2, 0.25) is 0 Å². The number of benzene rings is 3. The number of nitrogens with one attached hydrogen (secondary N) is 1. The molecule has 240 valence electrons. The molecule has 0 amide bonds. The van der Waals surface area contributed by atoms with Crippen LogP contribution in [0.4, 0.5) is 22.0 Å². The van der Waals surface area contributed by atoms with Gasteiger partial charge in [0.25, 0.3) is 5.56 Å². The van der Waals surface area contributed by atoms with E-state index < -0.39 is 59.1 Å². The van der Waals surface area contributed by atoms with Gasteiger partial charge in [-0.3, -0.25) is 13.9 Å². The summed E-state index contributed by atoms with van der Waals surface area (Å²) < 4.78 is 78.9. The van der Waals surface area contributed by atoms with Crippen molar-refractivity contribution < 1.29 is 36.9 Å². The third-order valence-electron chi connectivity index (χ3n) is 7.48. The quantitative estimate of drug-likeness (QED) is 0.118. The van der Waals surface area contributed by atoms with Gasteiger partial charge in [-0.05, 0) is 50.1 Å². The highest BCUT2D eigenvalue weighted by Crippen LogP contribution is 2.34. The first-order chi connectivity index (χ1) is 21.3. The molecule has 0 spiro atoms. The molecule has 8 nitrogen and oxygen atoms in total. The minimum absolute atomic E-state index is 0.0508. The highest BCUT2D eigenvalue weighted by atomic mass is 19.4. The first kappa shape index (κ1) is 33.6. The molecule has 1 atom stereocenters. The van der Waals surface area contributed by atoms with Crippen molar-refractivity contribution in [2.24, 2.45) is 0 Å². The van der Waals surface area contributed by atoms with Crippen LogP contribution in [0, 0.1) is 18.6 Å². The third kappa shape index (κ3) is 7.49. The summed E-state index contributed by atoms with van der Waals surface area (Å²) in [6, 6.07) is 14.4. The number of aliphatic hydroxyl groups is 2. The van der Waals surface area contributed by atoms with Crippen LogP contribution in [0.25, 0.3) is 11.1 Å². The van der Waals surface area contributed by atoms with Crippen LogP contribution in [-0.2, 0) is 19.3 Å². The number of ether oxygens (including phenoxy) is 1. The molecule has 0 saturated heterocycles. The summed E-state index contributed by atoms with van der Waals surface area (Å²) >= 11 is 0. The van der Waals surface area contributed by atoms with Gasteiger partial charge in [0, 0.05) is 16.8 Å². The molecule has 4 rings (SSSR count). The number of hydrogen-bond donors (Lipinski definition) is 3. The van der Waals surface area contributed by atoms with Crippen molar-refractivity contribution in [1.82, 2.24) is 14.5 Å². The van der Waals surface area contributed by atoms with Gasteiger partial charge in [-0.1, -0.05) is 48.5 Å². The Balaban J connectivity index is 1.95. The Bertz CT molecular complexity index is 1750. The molecule has 0 aliphatic heterocycles. The molecule has 0 aliphatic rings. The minimum atomic E-state index is -4.95. The molecule has 3 aromatic carbocycles. The van der Waals surface area contributed by atoms with Gasteiger partial charge in [0.15, 0.2) is 17.9 Å². The van der Waals surface area contributed by atoms with Gasteiger partial charge in [0.05, 0.1) is 37.4 Å². The lowest BCUT2D eigenvalue weighted by Gasteiger charge is -2.24. The van der Waals surface area contributed by atoms with Crippen molar-refractivity contribution in [2.75, 3.05) is 13.7 Å². The predicted molar refractivity (Wildman–Crippen MR) is 157 cm³/mol. The zero-order valence-electron chi connectivity index (χ0n) is 24.4. The van der Waals surface area contributed by atoms with Gasteiger partial charge < -0.3 is 20.3 Å². The maximum absolute atomic E-state index is 15.6. The van der Waals surface area contributed by atoms with E-state index in [0.717, 1.165) is 21.3 Å². The average molecular weight is 634 g/mol. The Morgan fingerprint density at radius 2 is 1.62 bits per heavy atom. The molecule has 45 heavy (non-hydrogen) atoms. The molecular formula is C32H32F5N3O5. The van der Waals surface area contributed by atoms with Crippen LogP contribution in [-0.4, -0.2) is 39.3 Å². The maximum Gasteiger partial charge on any atom is 0.416 e. The first-order valence-corrected chi connectivity index (χ1v) is 14.0. The lowest BCUT2D eigenvalue weighted by atomic mass is 10.0. The molecule has 0 fully saturated rings. The summed E-state index contributed by atoms with van der Waals surface area (Å²) in [5.41, 5.74) is -4.17. The highest BCUT2D eigenvalue weighted by molar-refractivity contribution is 5.67. The fraction of sp³-hybridized carbons (Fsp3) is 0.312. The largest absolute Gasteiger partial charge is 0.494 e. The molecule has 4 aromatic rings. The number of hydrogen-bond acceptors (Lipinski definition) is 6. The Morgan fingerprint density at radius 3 is 2.27 bits per heavy atom. The average Bonchev–Trinajstić information content (AvgIpc) is 2.99. The maximum atomic E-state index is 15.6. The summed E-state index contributed by atoms with van der Waals surface area (Å²) in [7, 11) is 1.22. The summed E-state index contributed by atoms with van der Waals surface area (Å²) in [4.78, 5) is 28.0. The zero-order valence-corrected chi connectivity index (χ0v) is 24.4.